The van der Waals surface area contributed by atoms with Crippen LogP contribution in [0.25, 0.3) is 0 Å². The first-order chi connectivity index (χ1) is 9.15. The SMILES string of the molecule is NC(=S)C(NC(=O)C1Cc2ccccc2O1)C1CC1. The summed E-state index contributed by atoms with van der Waals surface area (Å²) >= 11 is 5.02. The molecule has 2 unspecified atom stereocenters. The summed E-state index contributed by atoms with van der Waals surface area (Å²) in [5.41, 5.74) is 6.76. The smallest absolute Gasteiger partial charge is 0.262 e. The Hall–Kier alpha value is -1.62. The zero-order valence-electron chi connectivity index (χ0n) is 10.5. The normalized spacial score (nSPS) is 22.2. The molecular formula is C14H16N2O2S. The highest BCUT2D eigenvalue weighted by molar-refractivity contribution is 7.80. The second kappa shape index (κ2) is 4.81. The van der Waals surface area contributed by atoms with E-state index in [0.29, 0.717) is 17.3 Å². The number of carbonyl (C=O) groups is 1. The average molecular weight is 276 g/mol. The fourth-order valence-electron chi connectivity index (χ4n) is 2.43. The van der Waals surface area contributed by atoms with E-state index in [1.54, 1.807) is 0 Å². The van der Waals surface area contributed by atoms with Crippen LogP contribution in [0.4, 0.5) is 0 Å². The maximum atomic E-state index is 12.2. The Labute approximate surface area is 117 Å². The van der Waals surface area contributed by atoms with Crippen LogP contribution in [0.2, 0.25) is 0 Å². The molecule has 3 N–H and O–H groups in total. The maximum Gasteiger partial charge on any atom is 0.262 e. The Morgan fingerprint density at radius 2 is 2.16 bits per heavy atom. The molecule has 0 saturated heterocycles. The first-order valence-corrected chi connectivity index (χ1v) is 6.90. The van der Waals surface area contributed by atoms with E-state index in [0.717, 1.165) is 24.2 Å². The molecule has 1 aromatic carbocycles. The number of thiocarbonyl (C=S) groups is 1. The highest BCUT2D eigenvalue weighted by atomic mass is 32.1. The summed E-state index contributed by atoms with van der Waals surface area (Å²) in [6, 6.07) is 7.53. The number of nitrogens with two attached hydrogens (primary N) is 1. The second-order valence-electron chi connectivity index (χ2n) is 5.14. The van der Waals surface area contributed by atoms with E-state index in [1.165, 1.54) is 0 Å². The van der Waals surface area contributed by atoms with Crippen molar-refractivity contribution in [2.75, 3.05) is 0 Å². The molecule has 1 amide bonds. The standard InChI is InChI=1S/C14H16N2O2S/c15-13(19)12(8-5-6-8)16-14(17)11-7-9-3-1-2-4-10(9)18-11/h1-4,8,11-12H,5-7H2,(H2,15,19)(H,16,17). The Morgan fingerprint density at radius 1 is 1.42 bits per heavy atom. The molecular weight excluding hydrogens is 260 g/mol. The number of ether oxygens (including phenoxy) is 1. The van der Waals surface area contributed by atoms with Crippen LogP contribution in [0, 0.1) is 5.92 Å². The molecule has 1 saturated carbocycles. The summed E-state index contributed by atoms with van der Waals surface area (Å²) in [5.74, 6) is 1.08. The van der Waals surface area contributed by atoms with Gasteiger partial charge in [0.05, 0.1) is 11.0 Å². The minimum absolute atomic E-state index is 0.124. The zero-order valence-corrected chi connectivity index (χ0v) is 11.3. The Balaban J connectivity index is 1.64. The topological polar surface area (TPSA) is 64.3 Å². The van der Waals surface area contributed by atoms with Gasteiger partial charge in [0.15, 0.2) is 6.10 Å². The number of nitrogens with one attached hydrogen (secondary N) is 1. The molecule has 0 aromatic heterocycles. The van der Waals surface area contributed by atoms with Gasteiger partial charge in [0.1, 0.15) is 5.75 Å². The summed E-state index contributed by atoms with van der Waals surface area (Å²) in [4.78, 5) is 12.6. The van der Waals surface area contributed by atoms with Crippen molar-refractivity contribution in [3.05, 3.63) is 29.8 Å². The van der Waals surface area contributed by atoms with Crippen LogP contribution < -0.4 is 15.8 Å². The summed E-state index contributed by atoms with van der Waals surface area (Å²) < 4.78 is 5.65. The van der Waals surface area contributed by atoms with Gasteiger partial charge in [0.25, 0.3) is 5.91 Å². The van der Waals surface area contributed by atoms with Crippen molar-refractivity contribution in [2.24, 2.45) is 11.7 Å². The molecule has 0 bridgehead atoms. The van der Waals surface area contributed by atoms with Gasteiger partial charge in [-0.15, -0.1) is 0 Å². The van der Waals surface area contributed by atoms with Crippen LogP contribution in [0.3, 0.4) is 0 Å². The van der Waals surface area contributed by atoms with E-state index in [-0.39, 0.29) is 11.9 Å². The molecule has 1 aromatic rings. The number of amides is 1. The van der Waals surface area contributed by atoms with E-state index in [1.807, 2.05) is 24.3 Å². The molecule has 4 nitrogen and oxygen atoms in total. The number of rotatable bonds is 4. The van der Waals surface area contributed by atoms with Gasteiger partial charge in [0, 0.05) is 6.42 Å². The van der Waals surface area contributed by atoms with Gasteiger partial charge in [-0.3, -0.25) is 4.79 Å². The predicted octanol–water partition coefficient (Wildman–Crippen LogP) is 1.17. The number of para-hydroxylation sites is 1. The first-order valence-electron chi connectivity index (χ1n) is 6.49. The molecule has 0 spiro atoms. The van der Waals surface area contributed by atoms with Gasteiger partial charge < -0.3 is 15.8 Å². The minimum atomic E-state index is -0.465. The summed E-state index contributed by atoms with van der Waals surface area (Å²) in [5, 5.41) is 2.93. The van der Waals surface area contributed by atoms with Crippen LogP contribution in [-0.4, -0.2) is 23.0 Å². The van der Waals surface area contributed by atoms with E-state index < -0.39 is 6.10 Å². The molecule has 1 heterocycles. The monoisotopic (exact) mass is 276 g/mol. The van der Waals surface area contributed by atoms with Crippen LogP contribution in [0.5, 0.6) is 5.75 Å². The lowest BCUT2D eigenvalue weighted by Crippen LogP contribution is -2.49. The van der Waals surface area contributed by atoms with Crippen molar-refractivity contribution >= 4 is 23.1 Å². The van der Waals surface area contributed by atoms with Gasteiger partial charge in [-0.1, -0.05) is 30.4 Å². The van der Waals surface area contributed by atoms with Crippen molar-refractivity contribution < 1.29 is 9.53 Å². The van der Waals surface area contributed by atoms with E-state index in [9.17, 15) is 4.79 Å². The van der Waals surface area contributed by atoms with Crippen molar-refractivity contribution in [1.29, 1.82) is 0 Å². The average Bonchev–Trinajstić information content (AvgIpc) is 3.12. The van der Waals surface area contributed by atoms with Crippen LogP contribution >= 0.6 is 12.2 Å². The largest absolute Gasteiger partial charge is 0.480 e. The van der Waals surface area contributed by atoms with Gasteiger partial charge >= 0.3 is 0 Å². The van der Waals surface area contributed by atoms with Gasteiger partial charge in [-0.05, 0) is 30.4 Å². The molecule has 1 fully saturated rings. The lowest BCUT2D eigenvalue weighted by Gasteiger charge is -2.19. The third-order valence-electron chi connectivity index (χ3n) is 3.64. The van der Waals surface area contributed by atoms with Gasteiger partial charge in [-0.2, -0.15) is 0 Å². The predicted molar refractivity (Wildman–Crippen MR) is 76.0 cm³/mol. The number of hydrogen-bond donors (Lipinski definition) is 2. The molecule has 0 radical (unpaired) electrons. The van der Waals surface area contributed by atoms with Crippen molar-refractivity contribution in [3.8, 4) is 5.75 Å². The van der Waals surface area contributed by atoms with Crippen LogP contribution in [0.15, 0.2) is 24.3 Å². The zero-order chi connectivity index (χ0) is 13.4. The molecule has 1 aliphatic heterocycles. The van der Waals surface area contributed by atoms with E-state index in [2.05, 4.69) is 5.32 Å². The molecule has 100 valence electrons. The fourth-order valence-corrected chi connectivity index (χ4v) is 2.68. The van der Waals surface area contributed by atoms with Crippen LogP contribution in [0.1, 0.15) is 18.4 Å². The third-order valence-corrected chi connectivity index (χ3v) is 3.89. The first kappa shape index (κ1) is 12.4. The maximum absolute atomic E-state index is 12.2. The van der Waals surface area contributed by atoms with Gasteiger partial charge in [0.2, 0.25) is 0 Å². The minimum Gasteiger partial charge on any atom is -0.480 e. The quantitative estimate of drug-likeness (QED) is 0.810. The summed E-state index contributed by atoms with van der Waals surface area (Å²) in [7, 11) is 0. The number of benzene rings is 1. The van der Waals surface area contributed by atoms with Crippen LogP contribution in [-0.2, 0) is 11.2 Å². The highest BCUT2D eigenvalue weighted by Crippen LogP contribution is 2.33. The molecule has 2 atom stereocenters. The van der Waals surface area contributed by atoms with Crippen molar-refractivity contribution in [2.45, 2.75) is 31.4 Å². The van der Waals surface area contributed by atoms with Gasteiger partial charge in [-0.25, -0.2) is 0 Å². The Kier molecular flexibility index (Phi) is 3.14. The third kappa shape index (κ3) is 2.56. The second-order valence-corrected chi connectivity index (χ2v) is 5.62. The highest BCUT2D eigenvalue weighted by Gasteiger charge is 2.37. The van der Waals surface area contributed by atoms with Crippen molar-refractivity contribution in [1.82, 2.24) is 5.32 Å². The molecule has 5 heteroatoms. The number of carbonyl (C=O) groups excluding carboxylic acids is 1. The summed E-state index contributed by atoms with van der Waals surface area (Å²) in [6.07, 6.45) is 2.30. The Morgan fingerprint density at radius 3 is 2.79 bits per heavy atom. The van der Waals surface area contributed by atoms with Crippen molar-refractivity contribution in [3.63, 3.8) is 0 Å². The Bertz CT molecular complexity index is 503. The summed E-state index contributed by atoms with van der Waals surface area (Å²) in [6.45, 7) is 0. The lowest BCUT2D eigenvalue weighted by molar-refractivity contribution is -0.127. The lowest BCUT2D eigenvalue weighted by atomic mass is 10.1. The molecule has 3 rings (SSSR count). The molecule has 1 aliphatic carbocycles. The molecule has 19 heavy (non-hydrogen) atoms. The number of hydrogen-bond acceptors (Lipinski definition) is 3. The fraction of sp³-hybridized carbons (Fsp3) is 0.429. The van der Waals surface area contributed by atoms with E-state index >= 15 is 0 Å². The molecule has 2 aliphatic rings. The van der Waals surface area contributed by atoms with E-state index in [4.69, 9.17) is 22.7 Å². The number of fused-ring (bicyclic) bond motifs is 1.